The third-order valence-electron chi connectivity index (χ3n) is 3.61. The second-order valence-electron chi connectivity index (χ2n) is 5.52. The molecule has 2 aromatic heterocycles. The van der Waals surface area contributed by atoms with Gasteiger partial charge in [0.2, 0.25) is 0 Å². The molecule has 0 bridgehead atoms. The van der Waals surface area contributed by atoms with Crippen LogP contribution in [0, 0.1) is 0 Å². The highest BCUT2D eigenvalue weighted by molar-refractivity contribution is 6.62. The zero-order valence-corrected chi connectivity index (χ0v) is 11.7. The molecule has 0 N–H and O–H groups in total. The fraction of sp³-hybridized carbons (Fsp3) is 0.462. The first kappa shape index (κ1) is 8.54. The van der Waals surface area contributed by atoms with Crippen LogP contribution in [0.5, 0.6) is 0 Å². The molecular weight excluding hydrogens is 255 g/mol. The Balaban J connectivity index is 2.08. The van der Waals surface area contributed by atoms with Gasteiger partial charge in [-0.05, 0) is 27.7 Å². The van der Waals surface area contributed by atoms with Gasteiger partial charge in [0, 0.05) is 30.2 Å². The summed E-state index contributed by atoms with van der Waals surface area (Å²) in [6.45, 7) is 7.43. The first-order valence-corrected chi connectivity index (χ1v) is 6.18. The summed E-state index contributed by atoms with van der Waals surface area (Å²) in [6.07, 6.45) is -1.76. The first-order valence-electron chi connectivity index (χ1n) is 8.68. The number of hydrogen-bond acceptors (Lipinski definition) is 5. The average Bonchev–Trinajstić information content (AvgIpc) is 2.87. The van der Waals surface area contributed by atoms with Crippen LogP contribution in [0.1, 0.15) is 34.5 Å². The minimum atomic E-state index is -0.952. The highest BCUT2D eigenvalue weighted by atomic mass is 16.7. The maximum Gasteiger partial charge on any atom is 0.498 e. The molecule has 0 saturated carbocycles. The summed E-state index contributed by atoms with van der Waals surface area (Å²) >= 11 is 0. The van der Waals surface area contributed by atoms with Gasteiger partial charge in [0.05, 0.1) is 24.2 Å². The molecule has 1 fully saturated rings. The molecule has 1 aliphatic heterocycles. The molecule has 3 heterocycles. The molecule has 2 aromatic rings. The van der Waals surface area contributed by atoms with Gasteiger partial charge in [-0.2, -0.15) is 5.10 Å². The van der Waals surface area contributed by atoms with Crippen molar-refractivity contribution in [1.29, 1.82) is 0 Å². The maximum absolute atomic E-state index is 8.31. The highest BCUT2D eigenvalue weighted by Crippen LogP contribution is 2.36. The van der Waals surface area contributed by atoms with E-state index in [1.165, 1.54) is 0 Å². The van der Waals surface area contributed by atoms with Gasteiger partial charge in [-0.3, -0.25) is 4.98 Å². The Morgan fingerprint density at radius 1 is 1.15 bits per heavy atom. The fourth-order valence-corrected chi connectivity index (χ4v) is 1.74. The van der Waals surface area contributed by atoms with Gasteiger partial charge in [0.1, 0.15) is 0 Å². The van der Waals surface area contributed by atoms with Gasteiger partial charge in [0.15, 0.2) is 5.82 Å². The zero-order chi connectivity index (χ0) is 18.7. The molecular formula is C13H17BN4O2. The van der Waals surface area contributed by atoms with Crippen molar-refractivity contribution in [3.63, 3.8) is 0 Å². The van der Waals surface area contributed by atoms with Gasteiger partial charge >= 0.3 is 7.12 Å². The normalized spacial score (nSPS) is 23.8. The quantitative estimate of drug-likeness (QED) is 0.765. The molecule has 6 nitrogen and oxygen atoms in total. The molecule has 0 aromatic carbocycles. The highest BCUT2D eigenvalue weighted by Gasteiger charge is 2.52. The van der Waals surface area contributed by atoms with Crippen LogP contribution in [0.15, 0.2) is 30.9 Å². The van der Waals surface area contributed by atoms with Crippen molar-refractivity contribution in [2.45, 2.75) is 38.9 Å². The lowest BCUT2D eigenvalue weighted by Crippen LogP contribution is -2.41. The molecule has 1 saturated heterocycles. The Bertz CT molecular complexity index is 841. The SMILES string of the molecule is [2H]c1nc([2H])c(-n2nc([2H])c(B3OC(C)(C)C(C)(C)O3)c2[2H])nc1[2H]. The predicted molar refractivity (Wildman–Crippen MR) is 74.9 cm³/mol. The van der Waals surface area contributed by atoms with Gasteiger partial charge in [-0.25, -0.2) is 9.67 Å². The third kappa shape index (κ3) is 2.12. The largest absolute Gasteiger partial charge is 0.498 e. The summed E-state index contributed by atoms with van der Waals surface area (Å²) in [5.41, 5.74) is -1.16. The summed E-state index contributed by atoms with van der Waals surface area (Å²) in [4.78, 5) is 7.37. The molecule has 0 unspecified atom stereocenters. The third-order valence-corrected chi connectivity index (χ3v) is 3.61. The lowest BCUT2D eigenvalue weighted by atomic mass is 9.82. The fourth-order valence-electron chi connectivity index (χ4n) is 1.74. The molecule has 7 heteroatoms. The Morgan fingerprint density at radius 2 is 1.85 bits per heavy atom. The van der Waals surface area contributed by atoms with Crippen molar-refractivity contribution in [1.82, 2.24) is 19.7 Å². The minimum absolute atomic E-state index is 0.112. The van der Waals surface area contributed by atoms with Gasteiger partial charge < -0.3 is 9.31 Å². The number of hydrogen-bond donors (Lipinski definition) is 0. The Labute approximate surface area is 125 Å². The van der Waals surface area contributed by atoms with E-state index in [9.17, 15) is 0 Å². The molecule has 0 radical (unpaired) electrons. The van der Waals surface area contributed by atoms with Gasteiger partial charge in [0.25, 0.3) is 0 Å². The van der Waals surface area contributed by atoms with E-state index in [1.807, 2.05) is 27.7 Å². The van der Waals surface area contributed by atoms with Crippen LogP contribution in [0.25, 0.3) is 5.82 Å². The first-order chi connectivity index (χ1) is 11.4. The van der Waals surface area contributed by atoms with Crippen LogP contribution >= 0.6 is 0 Å². The molecule has 0 aliphatic carbocycles. The van der Waals surface area contributed by atoms with E-state index >= 15 is 0 Å². The van der Waals surface area contributed by atoms with Gasteiger partial charge in [-0.1, -0.05) is 0 Å². The van der Waals surface area contributed by atoms with Crippen LogP contribution in [0.2, 0.25) is 0 Å². The molecule has 0 spiro atoms. The monoisotopic (exact) mass is 277 g/mol. The van der Waals surface area contributed by atoms with Crippen LogP contribution < -0.4 is 5.46 Å². The van der Waals surface area contributed by atoms with Crippen molar-refractivity contribution >= 4 is 12.6 Å². The Kier molecular flexibility index (Phi) is 1.88. The summed E-state index contributed by atoms with van der Waals surface area (Å²) < 4.78 is 51.8. The summed E-state index contributed by atoms with van der Waals surface area (Å²) in [6, 6.07) is 0. The van der Waals surface area contributed by atoms with E-state index < -0.39 is 36.8 Å². The smallest absolute Gasteiger partial charge is 0.399 e. The van der Waals surface area contributed by atoms with Crippen molar-refractivity contribution in [3.8, 4) is 5.82 Å². The Hall–Kier alpha value is -1.73. The van der Waals surface area contributed by atoms with E-state index in [1.54, 1.807) is 0 Å². The van der Waals surface area contributed by atoms with E-state index in [-0.39, 0.29) is 23.6 Å². The van der Waals surface area contributed by atoms with E-state index in [0.717, 1.165) is 4.68 Å². The van der Waals surface area contributed by atoms with Crippen LogP contribution in [0.4, 0.5) is 0 Å². The van der Waals surface area contributed by atoms with Crippen molar-refractivity contribution in [3.05, 3.63) is 30.9 Å². The molecule has 20 heavy (non-hydrogen) atoms. The summed E-state index contributed by atoms with van der Waals surface area (Å²) in [5.74, 6) is -0.192. The summed E-state index contributed by atoms with van der Waals surface area (Å²) in [7, 11) is -0.952. The topological polar surface area (TPSA) is 62.1 Å². The van der Waals surface area contributed by atoms with Crippen LogP contribution in [-0.4, -0.2) is 38.1 Å². The zero-order valence-electron chi connectivity index (χ0n) is 16.7. The van der Waals surface area contributed by atoms with E-state index in [0.29, 0.717) is 0 Å². The second-order valence-corrected chi connectivity index (χ2v) is 5.52. The lowest BCUT2D eigenvalue weighted by molar-refractivity contribution is 0.00578. The Morgan fingerprint density at radius 3 is 2.55 bits per heavy atom. The average molecular weight is 277 g/mol. The number of nitrogens with zero attached hydrogens (tertiary/aromatic N) is 4. The second kappa shape index (κ2) is 4.39. The van der Waals surface area contributed by atoms with Crippen molar-refractivity contribution < 1.29 is 16.2 Å². The van der Waals surface area contributed by atoms with Crippen LogP contribution in [-0.2, 0) is 9.31 Å². The lowest BCUT2D eigenvalue weighted by Gasteiger charge is -2.32. The number of aromatic nitrogens is 4. The predicted octanol–water partition coefficient (Wildman–Crippen LogP) is 0.961. The minimum Gasteiger partial charge on any atom is -0.399 e. The molecule has 104 valence electrons. The van der Waals surface area contributed by atoms with Crippen LogP contribution in [0.3, 0.4) is 0 Å². The van der Waals surface area contributed by atoms with Gasteiger partial charge in [-0.15, -0.1) is 0 Å². The van der Waals surface area contributed by atoms with Crippen molar-refractivity contribution in [2.24, 2.45) is 0 Å². The maximum atomic E-state index is 8.31. The standard InChI is InChI=1S/C13H17BN4O2/c1-12(2)13(3,4)20-14(19-12)10-7-17-18(9-10)11-8-15-5-6-16-11/h5-9H,1-4H3/i5D,6D,7D,8D,9D. The van der Waals surface area contributed by atoms with Crippen molar-refractivity contribution in [2.75, 3.05) is 0 Å². The van der Waals surface area contributed by atoms with E-state index in [2.05, 4.69) is 15.1 Å². The molecule has 0 amide bonds. The molecule has 3 rings (SSSR count). The summed E-state index contributed by atoms with van der Waals surface area (Å²) in [5, 5.41) is 3.92. The van der Waals surface area contributed by atoms with E-state index in [4.69, 9.17) is 16.2 Å². The number of rotatable bonds is 2. The molecule has 0 atom stereocenters. The molecule has 1 aliphatic rings.